The van der Waals surface area contributed by atoms with Crippen LogP contribution in [-0.2, 0) is 0 Å². The standard InChI is InChI=1S/C28H23N3O2S2/c1-32-25-12-11-21(15-26(25)33-2)24-16-22(27-8-5-13-34-27)30-31(24)28-29-23(17-35-28)20-10-9-18-6-3-4-7-19(18)14-20/h3-15,17,24H,16H2,1-2H3/t24-/m0/s1. The van der Waals surface area contributed by atoms with E-state index in [0.717, 1.165) is 34.1 Å². The average molecular weight is 498 g/mol. The molecule has 0 saturated heterocycles. The Morgan fingerprint density at radius 1 is 0.857 bits per heavy atom. The minimum atomic E-state index is 0.0162. The van der Waals surface area contributed by atoms with Gasteiger partial charge in [-0.25, -0.2) is 9.99 Å². The van der Waals surface area contributed by atoms with Gasteiger partial charge in [-0.3, -0.25) is 0 Å². The van der Waals surface area contributed by atoms with Gasteiger partial charge in [-0.1, -0.05) is 48.5 Å². The molecule has 6 rings (SSSR count). The highest BCUT2D eigenvalue weighted by molar-refractivity contribution is 7.14. The molecule has 3 heterocycles. The van der Waals surface area contributed by atoms with Gasteiger partial charge < -0.3 is 9.47 Å². The van der Waals surface area contributed by atoms with Crippen molar-refractivity contribution in [3.8, 4) is 22.8 Å². The molecule has 0 aliphatic carbocycles. The van der Waals surface area contributed by atoms with Gasteiger partial charge in [0.05, 0.1) is 36.5 Å². The van der Waals surface area contributed by atoms with Crippen molar-refractivity contribution in [3.63, 3.8) is 0 Å². The maximum atomic E-state index is 5.58. The number of nitrogens with zero attached hydrogens (tertiary/aromatic N) is 3. The maximum Gasteiger partial charge on any atom is 0.207 e. The molecule has 0 N–H and O–H groups in total. The van der Waals surface area contributed by atoms with Crippen molar-refractivity contribution >= 4 is 44.3 Å². The predicted octanol–water partition coefficient (Wildman–Crippen LogP) is 7.40. The largest absolute Gasteiger partial charge is 0.493 e. The topological polar surface area (TPSA) is 47.0 Å². The zero-order chi connectivity index (χ0) is 23.8. The zero-order valence-electron chi connectivity index (χ0n) is 19.3. The molecule has 0 radical (unpaired) electrons. The molecule has 0 bridgehead atoms. The highest BCUT2D eigenvalue weighted by Gasteiger charge is 2.32. The van der Waals surface area contributed by atoms with Gasteiger partial charge >= 0.3 is 0 Å². The number of thiazole rings is 1. The van der Waals surface area contributed by atoms with E-state index in [-0.39, 0.29) is 6.04 Å². The summed E-state index contributed by atoms with van der Waals surface area (Å²) in [5.41, 5.74) is 4.25. The van der Waals surface area contributed by atoms with Crippen molar-refractivity contribution in [2.75, 3.05) is 19.2 Å². The van der Waals surface area contributed by atoms with E-state index in [1.54, 1.807) is 36.9 Å². The van der Waals surface area contributed by atoms with Crippen LogP contribution in [0.1, 0.15) is 22.9 Å². The Kier molecular flexibility index (Phi) is 5.72. The lowest BCUT2D eigenvalue weighted by molar-refractivity contribution is 0.354. The fourth-order valence-corrected chi connectivity index (χ4v) is 6.00. The number of ether oxygens (including phenoxy) is 2. The van der Waals surface area contributed by atoms with E-state index in [4.69, 9.17) is 19.6 Å². The summed E-state index contributed by atoms with van der Waals surface area (Å²) in [5.74, 6) is 1.43. The van der Waals surface area contributed by atoms with E-state index in [1.165, 1.54) is 15.6 Å². The van der Waals surface area contributed by atoms with Crippen molar-refractivity contribution in [1.82, 2.24) is 4.98 Å². The second-order valence-corrected chi connectivity index (χ2v) is 10.1. The van der Waals surface area contributed by atoms with Gasteiger partial charge in [0.1, 0.15) is 0 Å². The van der Waals surface area contributed by atoms with Crippen LogP contribution in [0.15, 0.2) is 88.7 Å². The summed E-state index contributed by atoms with van der Waals surface area (Å²) in [5, 5.41) is 14.6. The van der Waals surface area contributed by atoms with E-state index in [2.05, 4.69) is 76.4 Å². The molecule has 5 nitrogen and oxygen atoms in total. The van der Waals surface area contributed by atoms with Gasteiger partial charge in [-0.05, 0) is 46.0 Å². The fourth-order valence-electron chi connectivity index (χ4n) is 4.45. The third kappa shape index (κ3) is 4.07. The molecule has 0 unspecified atom stereocenters. The van der Waals surface area contributed by atoms with Gasteiger partial charge in [-0.2, -0.15) is 5.10 Å². The number of anilines is 1. The summed E-state index contributed by atoms with van der Waals surface area (Å²) in [7, 11) is 3.32. The van der Waals surface area contributed by atoms with Gasteiger partial charge in [0.25, 0.3) is 0 Å². The first kappa shape index (κ1) is 21.8. The van der Waals surface area contributed by atoms with E-state index in [1.807, 2.05) is 12.1 Å². The molecule has 0 amide bonds. The number of benzene rings is 3. The Bertz CT molecular complexity index is 1520. The van der Waals surface area contributed by atoms with Crippen molar-refractivity contribution in [2.45, 2.75) is 12.5 Å². The molecule has 1 aliphatic rings. The average Bonchev–Trinajstić information content (AvgIpc) is 3.68. The van der Waals surface area contributed by atoms with Gasteiger partial charge in [0.2, 0.25) is 5.13 Å². The van der Waals surface area contributed by atoms with E-state index in [9.17, 15) is 0 Å². The monoisotopic (exact) mass is 497 g/mol. The highest BCUT2D eigenvalue weighted by Crippen LogP contribution is 2.42. The molecule has 0 fully saturated rings. The summed E-state index contributed by atoms with van der Waals surface area (Å²) < 4.78 is 11.0. The number of rotatable bonds is 6. The number of hydrazone groups is 1. The lowest BCUT2D eigenvalue weighted by atomic mass is 10.0. The van der Waals surface area contributed by atoms with E-state index in [0.29, 0.717) is 11.5 Å². The van der Waals surface area contributed by atoms with Crippen molar-refractivity contribution < 1.29 is 9.47 Å². The summed E-state index contributed by atoms with van der Waals surface area (Å²) in [6.07, 6.45) is 0.793. The van der Waals surface area contributed by atoms with Gasteiger partial charge in [0, 0.05) is 17.4 Å². The Morgan fingerprint density at radius 2 is 1.71 bits per heavy atom. The number of hydrogen-bond donors (Lipinski definition) is 0. The van der Waals surface area contributed by atoms with Crippen LogP contribution in [-0.4, -0.2) is 24.9 Å². The molecule has 0 spiro atoms. The number of fused-ring (bicyclic) bond motifs is 1. The van der Waals surface area contributed by atoms with Crippen molar-refractivity contribution in [2.24, 2.45) is 5.10 Å². The lowest BCUT2D eigenvalue weighted by Crippen LogP contribution is -2.18. The molecular formula is C28H23N3O2S2. The Balaban J connectivity index is 1.39. The molecule has 35 heavy (non-hydrogen) atoms. The molecule has 1 aliphatic heterocycles. The molecule has 1 atom stereocenters. The summed E-state index contributed by atoms with van der Waals surface area (Å²) in [4.78, 5) is 6.21. The first-order chi connectivity index (χ1) is 17.2. The Labute approximate surface area is 211 Å². The number of aromatic nitrogens is 1. The quantitative estimate of drug-likeness (QED) is 0.245. The summed E-state index contributed by atoms with van der Waals surface area (Å²) in [6.45, 7) is 0. The fraction of sp³-hybridized carbons (Fsp3) is 0.143. The zero-order valence-corrected chi connectivity index (χ0v) is 21.0. The van der Waals surface area contributed by atoms with Gasteiger partial charge in [-0.15, -0.1) is 22.7 Å². The maximum absolute atomic E-state index is 5.58. The predicted molar refractivity (Wildman–Crippen MR) is 145 cm³/mol. The first-order valence-electron chi connectivity index (χ1n) is 11.3. The Hall–Kier alpha value is -3.68. The van der Waals surface area contributed by atoms with Gasteiger partial charge in [0.15, 0.2) is 11.5 Å². The van der Waals surface area contributed by atoms with Crippen LogP contribution in [0.2, 0.25) is 0 Å². The smallest absolute Gasteiger partial charge is 0.207 e. The summed E-state index contributed by atoms with van der Waals surface area (Å²) in [6, 6.07) is 25.2. The second kappa shape index (κ2) is 9.17. The molecule has 5 aromatic rings. The highest BCUT2D eigenvalue weighted by atomic mass is 32.1. The van der Waals surface area contributed by atoms with Crippen LogP contribution in [0.3, 0.4) is 0 Å². The first-order valence-corrected chi connectivity index (χ1v) is 13.1. The molecule has 7 heteroatoms. The van der Waals surface area contributed by atoms with Crippen LogP contribution in [0.25, 0.3) is 22.0 Å². The molecule has 0 saturated carbocycles. The Morgan fingerprint density at radius 3 is 2.51 bits per heavy atom. The minimum absolute atomic E-state index is 0.0162. The molecule has 3 aromatic carbocycles. The molecule has 2 aromatic heterocycles. The van der Waals surface area contributed by atoms with E-state index >= 15 is 0 Å². The molecule has 174 valence electrons. The lowest BCUT2D eigenvalue weighted by Gasteiger charge is -2.22. The van der Waals surface area contributed by atoms with Crippen molar-refractivity contribution in [1.29, 1.82) is 0 Å². The van der Waals surface area contributed by atoms with Crippen LogP contribution < -0.4 is 14.5 Å². The van der Waals surface area contributed by atoms with Crippen LogP contribution in [0.5, 0.6) is 11.5 Å². The van der Waals surface area contributed by atoms with Crippen LogP contribution in [0, 0.1) is 0 Å². The number of thiophene rings is 1. The second-order valence-electron chi connectivity index (χ2n) is 8.28. The molecular weight excluding hydrogens is 474 g/mol. The van der Waals surface area contributed by atoms with Crippen LogP contribution >= 0.6 is 22.7 Å². The number of methoxy groups -OCH3 is 2. The minimum Gasteiger partial charge on any atom is -0.493 e. The van der Waals surface area contributed by atoms with Crippen LogP contribution in [0.4, 0.5) is 5.13 Å². The van der Waals surface area contributed by atoms with Crippen molar-refractivity contribution in [3.05, 3.63) is 94.0 Å². The normalized spacial score (nSPS) is 15.4. The third-order valence-corrected chi connectivity index (χ3v) is 7.99. The summed E-state index contributed by atoms with van der Waals surface area (Å²) >= 11 is 3.33. The van der Waals surface area contributed by atoms with E-state index < -0.39 is 0 Å². The third-order valence-electron chi connectivity index (χ3n) is 6.24. The number of hydrogen-bond acceptors (Lipinski definition) is 7. The SMILES string of the molecule is COc1ccc([C@@H]2CC(c3cccs3)=NN2c2nc(-c3ccc4ccccc4c3)cs2)cc1OC.